The smallest absolute Gasteiger partial charge is 0.0398 e. The second-order valence-electron chi connectivity index (χ2n) is 26.5. The van der Waals surface area contributed by atoms with Crippen molar-refractivity contribution in [3.63, 3.8) is 0 Å². The minimum Gasteiger partial charge on any atom is -0.412 e. The van der Waals surface area contributed by atoms with Crippen LogP contribution in [0.5, 0.6) is 0 Å². The lowest BCUT2D eigenvalue weighted by Gasteiger charge is -1.82. The molecular formula is C112H132O2. The average molecular weight is 1510 g/mol. The van der Waals surface area contributed by atoms with Crippen LogP contribution in [0.3, 0.4) is 0 Å². The summed E-state index contributed by atoms with van der Waals surface area (Å²) in [5.41, 5.74) is 21.1. The van der Waals surface area contributed by atoms with Crippen molar-refractivity contribution in [1.82, 2.24) is 0 Å². The maximum atomic E-state index is 2.08. The number of hydrogen-bond donors (Lipinski definition) is 0. The zero-order chi connectivity index (χ0) is 81.8. The molecule has 16 aromatic carbocycles. The minimum absolute atomic E-state index is 0. The molecule has 0 radical (unpaired) electrons. The van der Waals surface area contributed by atoms with Gasteiger partial charge in [0.1, 0.15) is 0 Å². The molecular weight excluding hydrogens is 1380 g/mol. The van der Waals surface area contributed by atoms with Crippen LogP contribution < -0.4 is 0 Å². The summed E-state index contributed by atoms with van der Waals surface area (Å²) >= 11 is 0. The molecule has 0 heterocycles. The van der Waals surface area contributed by atoms with Gasteiger partial charge in [-0.3, -0.25) is 0 Å². The molecule has 4 N–H and O–H groups in total. The predicted molar refractivity (Wildman–Crippen MR) is 506 cm³/mol. The Kier molecular flexibility index (Phi) is 67.7. The van der Waals surface area contributed by atoms with Crippen molar-refractivity contribution in [1.29, 1.82) is 0 Å². The van der Waals surface area contributed by atoms with E-state index in [9.17, 15) is 0 Å². The van der Waals surface area contributed by atoms with Crippen LogP contribution in [-0.4, -0.2) is 11.0 Å². The lowest BCUT2D eigenvalue weighted by molar-refractivity contribution is 0.823. The summed E-state index contributed by atoms with van der Waals surface area (Å²) in [5, 5.41) is 0. The molecule has 0 aliphatic carbocycles. The van der Waals surface area contributed by atoms with Crippen LogP contribution in [0.25, 0.3) is 0 Å². The van der Waals surface area contributed by atoms with E-state index in [0.717, 1.165) is 0 Å². The summed E-state index contributed by atoms with van der Waals surface area (Å²) in [6, 6.07) is 164. The summed E-state index contributed by atoms with van der Waals surface area (Å²) < 4.78 is 0. The number of hydrogen-bond acceptors (Lipinski definition) is 0. The Morgan fingerprint density at radius 1 is 0.0702 bits per heavy atom. The van der Waals surface area contributed by atoms with Gasteiger partial charge in [-0.15, -0.1) is 0 Å². The highest BCUT2D eigenvalue weighted by Crippen LogP contribution is 2.02. The fraction of sp³-hybridized carbons (Fsp3) is 0.143. The van der Waals surface area contributed by atoms with Crippen LogP contribution in [0.1, 0.15) is 89.0 Å². The summed E-state index contributed by atoms with van der Waals surface area (Å²) in [7, 11) is 0. The van der Waals surface area contributed by atoms with Crippen LogP contribution in [0.4, 0.5) is 0 Å². The third-order valence-electron chi connectivity index (χ3n) is 15.0. The largest absolute Gasteiger partial charge is 0.412 e. The van der Waals surface area contributed by atoms with Gasteiger partial charge in [-0.1, -0.05) is 574 Å². The predicted octanol–water partition coefficient (Wildman–Crippen LogP) is 30.3. The monoisotopic (exact) mass is 1510 g/mol. The first kappa shape index (κ1) is 103. The van der Waals surface area contributed by atoms with Gasteiger partial charge in [0, 0.05) is 0 Å². The van der Waals surface area contributed by atoms with E-state index in [0.29, 0.717) is 0 Å². The van der Waals surface area contributed by atoms with Gasteiger partial charge < -0.3 is 11.0 Å². The van der Waals surface area contributed by atoms with E-state index < -0.39 is 0 Å². The Labute approximate surface area is 691 Å². The van der Waals surface area contributed by atoms with Gasteiger partial charge in [-0.05, 0) is 111 Å². The van der Waals surface area contributed by atoms with Crippen molar-refractivity contribution >= 4 is 0 Å². The molecule has 16 aromatic rings. The fourth-order valence-corrected chi connectivity index (χ4v) is 8.55. The van der Waals surface area contributed by atoms with E-state index >= 15 is 0 Å². The van der Waals surface area contributed by atoms with E-state index in [2.05, 4.69) is 305 Å². The van der Waals surface area contributed by atoms with Gasteiger partial charge in [0.05, 0.1) is 0 Å². The highest BCUT2D eigenvalue weighted by molar-refractivity contribution is 5.21. The summed E-state index contributed by atoms with van der Waals surface area (Å²) in [6.45, 7) is 33.3. The second kappa shape index (κ2) is 74.5. The molecule has 0 unspecified atom stereocenters. The summed E-state index contributed by atoms with van der Waals surface area (Å²) in [5.74, 6) is 0. The molecule has 592 valence electrons. The highest BCUT2D eigenvalue weighted by Gasteiger charge is 1.82. The van der Waals surface area contributed by atoms with Crippen LogP contribution in [0, 0.1) is 111 Å². The molecule has 0 aliphatic heterocycles. The van der Waals surface area contributed by atoms with Crippen molar-refractivity contribution in [2.45, 2.75) is 111 Å². The SMILES string of the molecule is Cc1ccccc1.Cc1ccccc1.Cc1ccccc1.Cc1ccccc1.Cc1ccccc1.Cc1ccccc1.Cc1ccccc1.Cc1ccccc1.Cc1ccccc1.Cc1ccccc1.Cc1ccccc1.Cc1ccccc1.Cc1ccccc1.Cc1ccccc1.Cc1ccccc1.Cc1ccccc1.O.O. The summed E-state index contributed by atoms with van der Waals surface area (Å²) in [4.78, 5) is 0. The van der Waals surface area contributed by atoms with Gasteiger partial charge in [0.25, 0.3) is 0 Å². The Hall–Kier alpha value is -12.6. The van der Waals surface area contributed by atoms with Crippen molar-refractivity contribution < 1.29 is 11.0 Å². The molecule has 0 aliphatic rings. The van der Waals surface area contributed by atoms with Crippen LogP contribution in [0.2, 0.25) is 0 Å². The van der Waals surface area contributed by atoms with E-state index in [1.165, 1.54) is 89.0 Å². The molecule has 2 heteroatoms. The fourth-order valence-electron chi connectivity index (χ4n) is 8.55. The molecule has 0 saturated heterocycles. The first-order chi connectivity index (χ1) is 54.3. The van der Waals surface area contributed by atoms with Crippen LogP contribution >= 0.6 is 0 Å². The Bertz CT molecular complexity index is 3290. The third-order valence-corrected chi connectivity index (χ3v) is 15.0. The Balaban J connectivity index is 0. The first-order valence-electron chi connectivity index (χ1n) is 38.6. The van der Waals surface area contributed by atoms with Gasteiger partial charge >= 0.3 is 0 Å². The maximum absolute atomic E-state index is 2.08. The molecule has 0 bridgehead atoms. The van der Waals surface area contributed by atoms with Crippen LogP contribution in [0.15, 0.2) is 485 Å². The molecule has 0 amide bonds. The van der Waals surface area contributed by atoms with E-state index in [4.69, 9.17) is 0 Å². The number of rotatable bonds is 0. The van der Waals surface area contributed by atoms with Gasteiger partial charge in [-0.2, -0.15) is 0 Å². The average Bonchev–Trinajstić information content (AvgIpc) is 3.93. The zero-order valence-corrected chi connectivity index (χ0v) is 71.2. The molecule has 0 atom stereocenters. The molecule has 0 spiro atoms. The topological polar surface area (TPSA) is 63.0 Å². The van der Waals surface area contributed by atoms with E-state index in [1.807, 2.05) is 291 Å². The summed E-state index contributed by atoms with van der Waals surface area (Å²) in [6.07, 6.45) is 0. The highest BCUT2D eigenvalue weighted by atomic mass is 16.0. The maximum Gasteiger partial charge on any atom is -0.0398 e. The quantitative estimate of drug-likeness (QED) is 0.145. The second-order valence-corrected chi connectivity index (χ2v) is 26.5. The zero-order valence-electron chi connectivity index (χ0n) is 71.2. The van der Waals surface area contributed by atoms with Gasteiger partial charge in [0.2, 0.25) is 0 Å². The van der Waals surface area contributed by atoms with Crippen molar-refractivity contribution in [2.24, 2.45) is 0 Å². The molecule has 2 nitrogen and oxygen atoms in total. The lowest BCUT2D eigenvalue weighted by Crippen LogP contribution is -1.62. The van der Waals surface area contributed by atoms with Gasteiger partial charge in [0.15, 0.2) is 0 Å². The van der Waals surface area contributed by atoms with Crippen LogP contribution in [-0.2, 0) is 0 Å². The number of benzene rings is 16. The minimum atomic E-state index is 0. The molecule has 16 rings (SSSR count). The van der Waals surface area contributed by atoms with Crippen molar-refractivity contribution in [2.75, 3.05) is 0 Å². The van der Waals surface area contributed by atoms with E-state index in [1.54, 1.807) is 0 Å². The Morgan fingerprint density at radius 2 is 0.105 bits per heavy atom. The molecule has 114 heavy (non-hydrogen) atoms. The lowest BCUT2D eigenvalue weighted by atomic mass is 10.2. The number of aryl methyl sites for hydroxylation is 16. The standard InChI is InChI=1S/16C7H8.2H2O/c16*1-7-5-3-2-4-6-7;;/h16*2-6H,1H3;2*1H2. The van der Waals surface area contributed by atoms with Crippen molar-refractivity contribution in [3.05, 3.63) is 574 Å². The van der Waals surface area contributed by atoms with Crippen molar-refractivity contribution in [3.8, 4) is 0 Å². The molecule has 0 aromatic heterocycles. The van der Waals surface area contributed by atoms with Gasteiger partial charge in [-0.25, -0.2) is 0 Å². The third kappa shape index (κ3) is 72.3. The van der Waals surface area contributed by atoms with E-state index in [-0.39, 0.29) is 11.0 Å². The molecule has 0 fully saturated rings. The Morgan fingerprint density at radius 3 is 0.123 bits per heavy atom. The molecule has 0 saturated carbocycles. The first-order valence-corrected chi connectivity index (χ1v) is 38.6. The normalized spacial score (nSPS) is 8.56.